The minimum Gasteiger partial charge on any atom is -0.290 e. The van der Waals surface area contributed by atoms with E-state index in [0.29, 0.717) is 5.56 Å². The van der Waals surface area contributed by atoms with Gasteiger partial charge in [0.05, 0.1) is 5.03 Å². The molecule has 13 heavy (non-hydrogen) atoms. The third kappa shape index (κ3) is 2.71. The number of hydrazine groups is 1. The van der Waals surface area contributed by atoms with Crippen LogP contribution in [-0.4, -0.2) is 16.6 Å². The first-order chi connectivity index (χ1) is 6.27. The molecule has 0 spiro atoms. The molecule has 1 rings (SSSR count). The Kier molecular flexibility index (Phi) is 3.72. The molecule has 3 N–H and O–H groups in total. The molecule has 0 atom stereocenters. The maximum atomic E-state index is 11.1. The number of thioether (sulfide) groups is 1. The fourth-order valence-electron chi connectivity index (χ4n) is 0.861. The third-order valence-electron chi connectivity index (χ3n) is 1.42. The van der Waals surface area contributed by atoms with E-state index in [1.54, 1.807) is 30.1 Å². The van der Waals surface area contributed by atoms with Gasteiger partial charge in [0.25, 0.3) is 5.91 Å². The Morgan fingerprint density at radius 1 is 1.77 bits per heavy atom. The minimum atomic E-state index is -0.291. The van der Waals surface area contributed by atoms with Crippen molar-refractivity contribution in [2.24, 2.45) is 5.84 Å². The Labute approximate surface area is 80.9 Å². The highest BCUT2D eigenvalue weighted by molar-refractivity contribution is 7.99. The van der Waals surface area contributed by atoms with Crippen LogP contribution in [0.5, 0.6) is 0 Å². The van der Waals surface area contributed by atoms with Gasteiger partial charge < -0.3 is 0 Å². The van der Waals surface area contributed by atoms with Gasteiger partial charge in [-0.25, -0.2) is 10.8 Å². The molecule has 0 bridgehead atoms. The molecule has 0 unspecified atom stereocenters. The SMILES string of the molecule is CCSc1cc(C(=O)NN)ccn1. The lowest BCUT2D eigenvalue weighted by Gasteiger charge is -2.01. The number of hydrogen-bond donors (Lipinski definition) is 2. The molecule has 1 aromatic rings. The van der Waals surface area contributed by atoms with Gasteiger partial charge in [0.1, 0.15) is 0 Å². The van der Waals surface area contributed by atoms with Crippen LogP contribution in [-0.2, 0) is 0 Å². The van der Waals surface area contributed by atoms with Crippen LogP contribution < -0.4 is 11.3 Å². The van der Waals surface area contributed by atoms with Gasteiger partial charge in [-0.15, -0.1) is 11.8 Å². The lowest BCUT2D eigenvalue weighted by atomic mass is 10.3. The van der Waals surface area contributed by atoms with Crippen molar-refractivity contribution in [3.63, 3.8) is 0 Å². The number of amides is 1. The zero-order valence-electron chi connectivity index (χ0n) is 7.28. The minimum absolute atomic E-state index is 0.291. The van der Waals surface area contributed by atoms with E-state index in [9.17, 15) is 4.79 Å². The van der Waals surface area contributed by atoms with Gasteiger partial charge >= 0.3 is 0 Å². The van der Waals surface area contributed by atoms with Crippen LogP contribution >= 0.6 is 11.8 Å². The summed E-state index contributed by atoms with van der Waals surface area (Å²) in [5, 5.41) is 0.837. The summed E-state index contributed by atoms with van der Waals surface area (Å²) >= 11 is 1.59. The number of nitrogens with one attached hydrogen (secondary N) is 1. The molecular formula is C8H11N3OS. The molecule has 0 aromatic carbocycles. The fraction of sp³-hybridized carbons (Fsp3) is 0.250. The number of hydrogen-bond acceptors (Lipinski definition) is 4. The van der Waals surface area contributed by atoms with E-state index in [1.165, 1.54) is 0 Å². The van der Waals surface area contributed by atoms with Gasteiger partial charge in [-0.05, 0) is 17.9 Å². The molecule has 0 radical (unpaired) electrons. The number of nitrogens with two attached hydrogens (primary N) is 1. The lowest BCUT2D eigenvalue weighted by Crippen LogP contribution is -2.29. The smallest absolute Gasteiger partial charge is 0.265 e. The molecule has 1 amide bonds. The number of nitrogens with zero attached hydrogens (tertiary/aromatic N) is 1. The van der Waals surface area contributed by atoms with Gasteiger partial charge in [-0.1, -0.05) is 6.92 Å². The van der Waals surface area contributed by atoms with Crippen LogP contribution in [0.3, 0.4) is 0 Å². The van der Waals surface area contributed by atoms with Crippen molar-refractivity contribution in [2.75, 3.05) is 5.75 Å². The number of pyridine rings is 1. The molecule has 0 aliphatic carbocycles. The van der Waals surface area contributed by atoms with E-state index >= 15 is 0 Å². The molecule has 0 saturated heterocycles. The maximum Gasteiger partial charge on any atom is 0.265 e. The zero-order chi connectivity index (χ0) is 9.68. The first kappa shape index (κ1) is 10.0. The second-order valence-electron chi connectivity index (χ2n) is 2.29. The molecule has 1 heterocycles. The zero-order valence-corrected chi connectivity index (χ0v) is 8.10. The molecular weight excluding hydrogens is 186 g/mol. The number of carbonyl (C=O) groups is 1. The van der Waals surface area contributed by atoms with E-state index in [4.69, 9.17) is 5.84 Å². The predicted octanol–water partition coefficient (Wildman–Crippen LogP) is 0.797. The molecule has 70 valence electrons. The Morgan fingerprint density at radius 3 is 3.15 bits per heavy atom. The lowest BCUT2D eigenvalue weighted by molar-refractivity contribution is 0.0953. The number of rotatable bonds is 3. The summed E-state index contributed by atoms with van der Waals surface area (Å²) in [5.41, 5.74) is 2.61. The van der Waals surface area contributed by atoms with Crippen LogP contribution in [0.4, 0.5) is 0 Å². The first-order valence-electron chi connectivity index (χ1n) is 3.87. The summed E-state index contributed by atoms with van der Waals surface area (Å²) in [6.07, 6.45) is 1.60. The Bertz CT molecular complexity index is 303. The average Bonchev–Trinajstić information content (AvgIpc) is 2.18. The normalized spacial score (nSPS) is 9.69. The topological polar surface area (TPSA) is 68.0 Å². The van der Waals surface area contributed by atoms with E-state index in [-0.39, 0.29) is 5.91 Å². The molecule has 1 aromatic heterocycles. The van der Waals surface area contributed by atoms with E-state index < -0.39 is 0 Å². The summed E-state index contributed by atoms with van der Waals surface area (Å²) in [5.74, 6) is 5.64. The van der Waals surface area contributed by atoms with Crippen molar-refractivity contribution in [3.8, 4) is 0 Å². The van der Waals surface area contributed by atoms with Crippen molar-refractivity contribution in [3.05, 3.63) is 23.9 Å². The predicted molar refractivity (Wildman–Crippen MR) is 52.3 cm³/mol. The molecule has 0 aliphatic heterocycles. The Morgan fingerprint density at radius 2 is 2.54 bits per heavy atom. The van der Waals surface area contributed by atoms with E-state index in [1.807, 2.05) is 6.92 Å². The molecule has 0 fully saturated rings. The number of carbonyl (C=O) groups excluding carboxylic acids is 1. The Hall–Kier alpha value is -1.07. The third-order valence-corrected chi connectivity index (χ3v) is 2.23. The summed E-state index contributed by atoms with van der Waals surface area (Å²) in [6.45, 7) is 2.03. The van der Waals surface area contributed by atoms with Crippen molar-refractivity contribution >= 4 is 17.7 Å². The fourth-order valence-corrected chi connectivity index (χ4v) is 1.50. The van der Waals surface area contributed by atoms with Crippen LogP contribution in [0.25, 0.3) is 0 Å². The van der Waals surface area contributed by atoms with Crippen molar-refractivity contribution < 1.29 is 4.79 Å². The number of nitrogen functional groups attached to an aromatic ring is 1. The van der Waals surface area contributed by atoms with E-state index in [2.05, 4.69) is 10.4 Å². The van der Waals surface area contributed by atoms with Gasteiger partial charge in [-0.2, -0.15) is 0 Å². The maximum absolute atomic E-state index is 11.1. The summed E-state index contributed by atoms with van der Waals surface area (Å²) in [6, 6.07) is 3.35. The highest BCUT2D eigenvalue weighted by Crippen LogP contribution is 2.15. The molecule has 0 saturated carbocycles. The molecule has 4 nitrogen and oxygen atoms in total. The van der Waals surface area contributed by atoms with Gasteiger partial charge in [0, 0.05) is 11.8 Å². The summed E-state index contributed by atoms with van der Waals surface area (Å²) < 4.78 is 0. The average molecular weight is 197 g/mol. The van der Waals surface area contributed by atoms with Gasteiger partial charge in [0.15, 0.2) is 0 Å². The second kappa shape index (κ2) is 4.84. The monoisotopic (exact) mass is 197 g/mol. The van der Waals surface area contributed by atoms with Crippen LogP contribution in [0.2, 0.25) is 0 Å². The summed E-state index contributed by atoms with van der Waals surface area (Å²) in [4.78, 5) is 15.2. The van der Waals surface area contributed by atoms with Crippen LogP contribution in [0.1, 0.15) is 17.3 Å². The van der Waals surface area contributed by atoms with Crippen LogP contribution in [0.15, 0.2) is 23.4 Å². The quantitative estimate of drug-likeness (QED) is 0.325. The van der Waals surface area contributed by atoms with Crippen molar-refractivity contribution in [1.29, 1.82) is 0 Å². The van der Waals surface area contributed by atoms with Crippen LogP contribution in [0, 0.1) is 0 Å². The largest absolute Gasteiger partial charge is 0.290 e. The van der Waals surface area contributed by atoms with Gasteiger partial charge in [-0.3, -0.25) is 10.2 Å². The van der Waals surface area contributed by atoms with Crippen molar-refractivity contribution in [1.82, 2.24) is 10.4 Å². The first-order valence-corrected chi connectivity index (χ1v) is 4.86. The highest BCUT2D eigenvalue weighted by atomic mass is 32.2. The van der Waals surface area contributed by atoms with Crippen molar-refractivity contribution in [2.45, 2.75) is 11.9 Å². The summed E-state index contributed by atoms with van der Waals surface area (Å²) in [7, 11) is 0. The Balaban J connectivity index is 2.85. The van der Waals surface area contributed by atoms with Gasteiger partial charge in [0.2, 0.25) is 0 Å². The highest BCUT2D eigenvalue weighted by Gasteiger charge is 2.03. The van der Waals surface area contributed by atoms with E-state index in [0.717, 1.165) is 10.8 Å². The standard InChI is InChI=1S/C8H11N3OS/c1-2-13-7-5-6(3-4-10-7)8(12)11-9/h3-5H,2,9H2,1H3,(H,11,12). The number of aromatic nitrogens is 1. The second-order valence-corrected chi connectivity index (χ2v) is 3.57. The molecule has 0 aliphatic rings. The molecule has 5 heteroatoms.